The van der Waals surface area contributed by atoms with E-state index in [0.717, 1.165) is 69.5 Å². The first-order chi connectivity index (χ1) is 17.0. The number of allylic oxidation sites excluding steroid dienone is 4. The van der Waals surface area contributed by atoms with Crippen molar-refractivity contribution >= 4 is 5.91 Å². The molecular weight excluding hydrogens is 434 g/mol. The third-order valence-electron chi connectivity index (χ3n) is 7.70. The molecule has 1 spiro atoms. The first-order valence-electron chi connectivity index (χ1n) is 13.2. The molecule has 3 aliphatic rings. The number of piperidine rings is 1. The van der Waals surface area contributed by atoms with Crippen LogP contribution in [0, 0.1) is 11.3 Å². The van der Waals surface area contributed by atoms with Gasteiger partial charge in [-0.15, -0.1) is 0 Å². The molecule has 1 N–H and O–H groups in total. The van der Waals surface area contributed by atoms with Gasteiger partial charge in [0.25, 0.3) is 0 Å². The maximum Gasteiger partial charge on any atom is 0.229 e. The molecule has 3 saturated heterocycles. The second-order valence-corrected chi connectivity index (χ2v) is 10.3. The Morgan fingerprint density at radius 1 is 1.14 bits per heavy atom. The average Bonchev–Trinajstić information content (AvgIpc) is 3.37. The summed E-state index contributed by atoms with van der Waals surface area (Å²) >= 11 is 0. The van der Waals surface area contributed by atoms with Crippen molar-refractivity contribution < 1.29 is 9.53 Å². The van der Waals surface area contributed by atoms with E-state index in [1.54, 1.807) is 7.11 Å². The number of ether oxygens (including phenoxy) is 1. The SMILES string of the molecule is C/C=C\C(=CC/C=C/CN1CCC2(CCNCC2)C1=O)OC.C[C@H]1CN(C)CC1c1ccccc1. The van der Waals surface area contributed by atoms with Gasteiger partial charge in [-0.05, 0) is 76.4 Å². The molecule has 0 bridgehead atoms. The van der Waals surface area contributed by atoms with Gasteiger partial charge in [-0.2, -0.15) is 0 Å². The van der Waals surface area contributed by atoms with E-state index >= 15 is 0 Å². The number of rotatable bonds is 7. The van der Waals surface area contributed by atoms with E-state index < -0.39 is 0 Å². The van der Waals surface area contributed by atoms with Gasteiger partial charge >= 0.3 is 0 Å². The van der Waals surface area contributed by atoms with Crippen molar-refractivity contribution in [3.63, 3.8) is 0 Å². The summed E-state index contributed by atoms with van der Waals surface area (Å²) in [7, 11) is 3.89. The minimum Gasteiger partial charge on any atom is -0.497 e. The molecule has 1 unspecified atom stereocenters. The minimum atomic E-state index is -0.0614. The van der Waals surface area contributed by atoms with Gasteiger partial charge < -0.3 is 19.9 Å². The van der Waals surface area contributed by atoms with Crippen LogP contribution in [0.15, 0.2) is 66.5 Å². The topological polar surface area (TPSA) is 44.8 Å². The monoisotopic (exact) mass is 479 g/mol. The van der Waals surface area contributed by atoms with Crippen LogP contribution >= 0.6 is 0 Å². The van der Waals surface area contributed by atoms with Crippen LogP contribution in [0.1, 0.15) is 51.0 Å². The number of carbonyl (C=O) groups is 1. The highest BCUT2D eigenvalue weighted by Crippen LogP contribution is 2.39. The van der Waals surface area contributed by atoms with Crippen molar-refractivity contribution in [1.82, 2.24) is 15.1 Å². The molecule has 192 valence electrons. The molecule has 35 heavy (non-hydrogen) atoms. The number of hydrogen-bond acceptors (Lipinski definition) is 4. The molecule has 1 amide bonds. The number of benzene rings is 1. The number of methoxy groups -OCH3 is 1. The van der Waals surface area contributed by atoms with Crippen LogP contribution in [-0.4, -0.2) is 69.1 Å². The van der Waals surface area contributed by atoms with Crippen LogP contribution in [0.4, 0.5) is 0 Å². The Morgan fingerprint density at radius 3 is 2.51 bits per heavy atom. The van der Waals surface area contributed by atoms with E-state index in [2.05, 4.69) is 66.7 Å². The van der Waals surface area contributed by atoms with Gasteiger partial charge in [-0.25, -0.2) is 0 Å². The normalized spacial score (nSPS) is 25.0. The smallest absolute Gasteiger partial charge is 0.229 e. The molecule has 3 aliphatic heterocycles. The fourth-order valence-electron chi connectivity index (χ4n) is 5.65. The van der Waals surface area contributed by atoms with E-state index in [-0.39, 0.29) is 5.41 Å². The lowest BCUT2D eigenvalue weighted by molar-refractivity contribution is -0.136. The predicted octanol–water partition coefficient (Wildman–Crippen LogP) is 4.99. The summed E-state index contributed by atoms with van der Waals surface area (Å²) in [4.78, 5) is 17.0. The molecule has 4 rings (SSSR count). The summed E-state index contributed by atoms with van der Waals surface area (Å²) in [5, 5.41) is 3.35. The molecule has 0 aromatic heterocycles. The van der Waals surface area contributed by atoms with Crippen LogP contribution in [0.5, 0.6) is 0 Å². The lowest BCUT2D eigenvalue weighted by atomic mass is 9.78. The Bertz CT molecular complexity index is 871. The van der Waals surface area contributed by atoms with Crippen LogP contribution in [-0.2, 0) is 9.53 Å². The van der Waals surface area contributed by atoms with E-state index in [4.69, 9.17) is 4.74 Å². The maximum atomic E-state index is 12.6. The summed E-state index contributed by atoms with van der Waals surface area (Å²) in [6, 6.07) is 10.9. The first-order valence-corrected chi connectivity index (χ1v) is 13.2. The quantitative estimate of drug-likeness (QED) is 0.340. The van der Waals surface area contributed by atoms with Crippen molar-refractivity contribution in [3.05, 3.63) is 72.0 Å². The highest BCUT2D eigenvalue weighted by Gasteiger charge is 2.46. The molecule has 0 radical (unpaired) electrons. The second kappa shape index (κ2) is 13.6. The van der Waals surface area contributed by atoms with Gasteiger partial charge in [0, 0.05) is 32.1 Å². The van der Waals surface area contributed by atoms with Crippen LogP contribution in [0.2, 0.25) is 0 Å². The van der Waals surface area contributed by atoms with Crippen molar-refractivity contribution in [2.45, 2.75) is 45.4 Å². The Kier molecular flexibility index (Phi) is 10.6. The first kappa shape index (κ1) is 27.2. The van der Waals surface area contributed by atoms with E-state index in [1.807, 2.05) is 30.1 Å². The standard InChI is InChI=1S/C18H28N2O2.C12H17N/c1-3-7-16(22-2)8-5-4-6-14-20-15-11-18(17(20)21)9-12-19-13-10-18;1-10-8-13(2)9-12(10)11-6-4-3-5-7-11/h3-4,6-8,19H,5,9-15H2,1-2H3;3-7,10,12H,8-9H2,1-2H3/b6-4+,7-3-,16-8?;/t;10-,12?/m.0/s1. The average molecular weight is 480 g/mol. The van der Waals surface area contributed by atoms with Crippen molar-refractivity contribution in [2.75, 3.05) is 53.4 Å². The zero-order valence-electron chi connectivity index (χ0n) is 22.2. The van der Waals surface area contributed by atoms with Crippen molar-refractivity contribution in [1.29, 1.82) is 0 Å². The number of likely N-dealkylation sites (N-methyl/N-ethyl adjacent to an activating group) is 1. The highest BCUT2D eigenvalue weighted by molar-refractivity contribution is 5.85. The molecule has 2 atom stereocenters. The summed E-state index contributed by atoms with van der Waals surface area (Å²) in [5.41, 5.74) is 1.44. The van der Waals surface area contributed by atoms with Gasteiger partial charge in [-0.3, -0.25) is 4.79 Å². The summed E-state index contributed by atoms with van der Waals surface area (Å²) in [6.45, 7) is 10.4. The number of likely N-dealkylation sites (tertiary alicyclic amines) is 2. The predicted molar refractivity (Wildman–Crippen MR) is 145 cm³/mol. The lowest BCUT2D eigenvalue weighted by Gasteiger charge is -2.31. The molecule has 0 saturated carbocycles. The maximum absolute atomic E-state index is 12.6. The zero-order chi connectivity index (χ0) is 25.1. The molecule has 1 aromatic carbocycles. The molecule has 0 aliphatic carbocycles. The van der Waals surface area contributed by atoms with Crippen LogP contribution in [0.25, 0.3) is 0 Å². The van der Waals surface area contributed by atoms with Gasteiger partial charge in [0.1, 0.15) is 5.76 Å². The Morgan fingerprint density at radius 2 is 1.89 bits per heavy atom. The van der Waals surface area contributed by atoms with Gasteiger partial charge in [0.05, 0.1) is 12.5 Å². The number of amides is 1. The Balaban J connectivity index is 0.000000223. The van der Waals surface area contributed by atoms with Crippen LogP contribution in [0.3, 0.4) is 0 Å². The molecule has 3 fully saturated rings. The number of nitrogens with one attached hydrogen (secondary N) is 1. The molecular formula is C30H45N3O2. The fourth-order valence-corrected chi connectivity index (χ4v) is 5.65. The van der Waals surface area contributed by atoms with Crippen molar-refractivity contribution in [2.24, 2.45) is 11.3 Å². The lowest BCUT2D eigenvalue weighted by Crippen LogP contribution is -2.42. The third kappa shape index (κ3) is 7.55. The number of nitrogens with zero attached hydrogens (tertiary/aromatic N) is 2. The molecule has 1 aromatic rings. The van der Waals surface area contributed by atoms with E-state index in [9.17, 15) is 4.79 Å². The summed E-state index contributed by atoms with van der Waals surface area (Å²) < 4.78 is 5.23. The number of carbonyl (C=O) groups excluding carboxylic acids is 1. The minimum absolute atomic E-state index is 0.0614. The number of hydrogen-bond donors (Lipinski definition) is 1. The van der Waals surface area contributed by atoms with Crippen molar-refractivity contribution in [3.8, 4) is 0 Å². The Hall–Kier alpha value is -2.37. The highest BCUT2D eigenvalue weighted by atomic mass is 16.5. The largest absolute Gasteiger partial charge is 0.497 e. The van der Waals surface area contributed by atoms with E-state index in [1.165, 1.54) is 18.7 Å². The molecule has 5 heteroatoms. The summed E-state index contributed by atoms with van der Waals surface area (Å²) in [5.74, 6) is 2.78. The fraction of sp³-hybridized carbons (Fsp3) is 0.567. The third-order valence-corrected chi connectivity index (χ3v) is 7.70. The summed E-state index contributed by atoms with van der Waals surface area (Å²) in [6.07, 6.45) is 14.0. The van der Waals surface area contributed by atoms with Gasteiger partial charge in [0.2, 0.25) is 5.91 Å². The molecule has 5 nitrogen and oxygen atoms in total. The zero-order valence-corrected chi connectivity index (χ0v) is 22.2. The molecule has 3 heterocycles. The van der Waals surface area contributed by atoms with Gasteiger partial charge in [-0.1, -0.05) is 55.5 Å². The van der Waals surface area contributed by atoms with Gasteiger partial charge in [0.15, 0.2) is 0 Å². The van der Waals surface area contributed by atoms with Crippen LogP contribution < -0.4 is 5.32 Å². The second-order valence-electron chi connectivity index (χ2n) is 10.3. The Labute approximate surface area is 212 Å². The van der Waals surface area contributed by atoms with E-state index in [0.29, 0.717) is 5.91 Å².